The van der Waals surface area contributed by atoms with Crippen LogP contribution in [0.1, 0.15) is 83.0 Å². The smallest absolute Gasteiger partial charge is 0.534 e. The summed E-state index contributed by atoms with van der Waals surface area (Å²) >= 11 is 0. The molecule has 5 heterocycles. The van der Waals surface area contributed by atoms with E-state index in [4.69, 9.17) is 19.4 Å². The van der Waals surface area contributed by atoms with Gasteiger partial charge in [-0.05, 0) is 103 Å². The van der Waals surface area contributed by atoms with E-state index in [1.807, 2.05) is 24.8 Å². The summed E-state index contributed by atoms with van der Waals surface area (Å²) in [6, 6.07) is 21.2. The van der Waals surface area contributed by atoms with E-state index in [1.165, 1.54) is 7.11 Å². The number of benzene rings is 4. The van der Waals surface area contributed by atoms with E-state index >= 15 is 0 Å². The molecule has 3 fully saturated rings. The standard InChI is InChI=1S/C47H54N8O7/c1-27(2)41(52-46(57)61-4)45(56)53-19-5-7-39(53)44-49-37-16-14-34-24-33(13-15-36(34)42(37)51-44)30-9-10-32-25-35(12-11-31(32)23-30)38-26-48-43(50-38)40-8-6-20-54(40)55(60,47(58)59)28(3)29-17-21-62-22-18-29/h9-16,23-29,39-41H,5-8,17-22H2,1-4H3,(H,48,50)(H,49,51)(H,52,57)(H,58,59). The summed E-state index contributed by atoms with van der Waals surface area (Å²) in [5, 5.41) is 33.2. The molecule has 0 spiro atoms. The maximum atomic E-state index is 14.3. The van der Waals surface area contributed by atoms with E-state index in [9.17, 15) is 24.7 Å². The summed E-state index contributed by atoms with van der Waals surface area (Å²) in [5.74, 6) is 1.05. The Hall–Kier alpha value is -5.87. The number of quaternary nitrogens is 1. The third kappa shape index (κ3) is 7.46. The molecule has 4 aromatic carbocycles. The van der Waals surface area contributed by atoms with Crippen LogP contribution in [-0.4, -0.2) is 103 Å². The molecule has 4 N–H and O–H groups in total. The minimum absolute atomic E-state index is 0.0369. The van der Waals surface area contributed by atoms with E-state index in [2.05, 4.69) is 75.9 Å². The zero-order valence-electron chi connectivity index (χ0n) is 35.6. The van der Waals surface area contributed by atoms with E-state index in [0.29, 0.717) is 57.8 Å². The van der Waals surface area contributed by atoms with Crippen molar-refractivity contribution in [3.63, 3.8) is 0 Å². The van der Waals surface area contributed by atoms with Crippen molar-refractivity contribution in [1.82, 2.24) is 35.2 Å². The molecule has 5 atom stereocenters. The fourth-order valence-corrected chi connectivity index (χ4v) is 9.98. The van der Waals surface area contributed by atoms with E-state index in [-0.39, 0.29) is 23.8 Å². The number of hydrogen-bond donors (Lipinski definition) is 4. The number of hydroxylamine groups is 2. The average Bonchev–Trinajstić information content (AvgIpc) is 4.13. The number of imidazole rings is 2. The lowest BCUT2D eigenvalue weighted by Gasteiger charge is -2.50. The number of carbonyl (C=O) groups is 3. The number of ether oxygens (including phenoxy) is 2. The van der Waals surface area contributed by atoms with Crippen LogP contribution in [0.15, 0.2) is 72.9 Å². The van der Waals surface area contributed by atoms with Crippen LogP contribution in [0, 0.1) is 17.0 Å². The van der Waals surface area contributed by atoms with Crippen molar-refractivity contribution in [3.8, 4) is 22.4 Å². The first-order valence-corrected chi connectivity index (χ1v) is 21.8. The molecular weight excluding hydrogens is 789 g/mol. The van der Waals surface area contributed by atoms with E-state index < -0.39 is 35.1 Å². The number of nitrogens with zero attached hydrogens (tertiary/aromatic N) is 5. The minimum atomic E-state index is -1.41. The quantitative estimate of drug-likeness (QED) is 0.0766. The lowest BCUT2D eigenvalue weighted by molar-refractivity contribution is -0.956. The second-order valence-corrected chi connectivity index (χ2v) is 17.4. The molecule has 9 rings (SSSR count). The van der Waals surface area contributed by atoms with Gasteiger partial charge in [-0.3, -0.25) is 4.79 Å². The first-order chi connectivity index (χ1) is 29.9. The van der Waals surface area contributed by atoms with Crippen LogP contribution in [0.2, 0.25) is 0 Å². The summed E-state index contributed by atoms with van der Waals surface area (Å²) in [4.78, 5) is 57.0. The molecule has 0 bridgehead atoms. The number of amides is 3. The number of nitrogens with one attached hydrogen (secondary N) is 3. The monoisotopic (exact) mass is 842 g/mol. The fourth-order valence-electron chi connectivity index (χ4n) is 9.98. The lowest BCUT2D eigenvalue weighted by Crippen LogP contribution is -2.65. The molecule has 0 radical (unpaired) electrons. The maximum Gasteiger partial charge on any atom is 0.534 e. The van der Waals surface area contributed by atoms with Gasteiger partial charge in [0.05, 0.1) is 36.1 Å². The number of hydrogen-bond acceptors (Lipinski definition) is 9. The number of aromatic amines is 2. The molecule has 0 aliphatic carbocycles. The van der Waals surface area contributed by atoms with Crippen molar-refractivity contribution in [2.75, 3.05) is 33.4 Å². The average molecular weight is 843 g/mol. The Kier molecular flexibility index (Phi) is 11.2. The summed E-state index contributed by atoms with van der Waals surface area (Å²) in [7, 11) is 1.29. The number of rotatable bonds is 10. The van der Waals surface area contributed by atoms with Crippen LogP contribution in [-0.2, 0) is 14.3 Å². The SMILES string of the molecule is COC(=O)NC(C(=O)N1CCCC1c1nc2c(ccc3cc(-c4ccc5cc(-c6cnc(C7CCCN7[N+]([O-])(C(=O)O)C(C)C7CCOCC7)[nH]6)ccc5c4)ccc32)[nH]1)C(C)C. The van der Waals surface area contributed by atoms with Gasteiger partial charge in [0.15, 0.2) is 0 Å². The van der Waals surface area contributed by atoms with Gasteiger partial charge >= 0.3 is 12.2 Å². The molecule has 3 aliphatic heterocycles. The maximum absolute atomic E-state index is 14.3. The highest BCUT2D eigenvalue weighted by atomic mass is 16.7. The van der Waals surface area contributed by atoms with Gasteiger partial charge in [0.1, 0.15) is 29.8 Å². The fraction of sp³-hybridized carbons (Fsp3) is 0.426. The topological polar surface area (TPSA) is 189 Å². The highest BCUT2D eigenvalue weighted by Crippen LogP contribution is 2.41. The van der Waals surface area contributed by atoms with Crippen molar-refractivity contribution in [2.45, 2.75) is 83.5 Å². The van der Waals surface area contributed by atoms with Crippen LogP contribution in [0.25, 0.3) is 55.0 Å². The molecule has 62 heavy (non-hydrogen) atoms. The number of likely N-dealkylation sites (tertiary alicyclic amines) is 1. The summed E-state index contributed by atoms with van der Waals surface area (Å²) in [6.45, 7) is 7.64. The second kappa shape index (κ2) is 16.8. The Bertz CT molecular complexity index is 2650. The van der Waals surface area contributed by atoms with E-state index in [1.54, 1.807) is 18.1 Å². The van der Waals surface area contributed by atoms with Gasteiger partial charge in [0, 0.05) is 43.2 Å². The van der Waals surface area contributed by atoms with Crippen LogP contribution in [0.5, 0.6) is 0 Å². The van der Waals surface area contributed by atoms with Crippen LogP contribution >= 0.6 is 0 Å². The predicted molar refractivity (Wildman–Crippen MR) is 235 cm³/mol. The molecular formula is C47H54N8O7. The van der Waals surface area contributed by atoms with Crippen LogP contribution < -0.4 is 5.32 Å². The van der Waals surface area contributed by atoms with Crippen LogP contribution in [0.3, 0.4) is 0 Å². The Morgan fingerprint density at radius 3 is 2.24 bits per heavy atom. The highest BCUT2D eigenvalue weighted by Gasteiger charge is 2.50. The number of carbonyl (C=O) groups excluding carboxylic acids is 2. The Morgan fingerprint density at radius 2 is 1.52 bits per heavy atom. The molecule has 2 aromatic heterocycles. The van der Waals surface area contributed by atoms with Gasteiger partial charge in [-0.15, -0.1) is 5.01 Å². The number of aromatic nitrogens is 4. The second-order valence-electron chi connectivity index (χ2n) is 17.4. The summed E-state index contributed by atoms with van der Waals surface area (Å²) in [5.41, 5.74) is 5.65. The predicted octanol–water partition coefficient (Wildman–Crippen LogP) is 8.83. The van der Waals surface area contributed by atoms with Crippen LogP contribution in [0.4, 0.5) is 9.59 Å². The molecule has 0 saturated carbocycles. The van der Waals surface area contributed by atoms with Crippen molar-refractivity contribution in [1.29, 1.82) is 0 Å². The zero-order valence-corrected chi connectivity index (χ0v) is 35.6. The first kappa shape index (κ1) is 41.5. The van der Waals surface area contributed by atoms with Crippen molar-refractivity contribution >= 4 is 50.7 Å². The summed E-state index contributed by atoms with van der Waals surface area (Å²) in [6.07, 6.45) is 4.08. The number of carboxylic acid groups (broad SMARTS) is 1. The molecule has 5 unspecified atom stereocenters. The Balaban J connectivity index is 0.932. The third-order valence-corrected chi connectivity index (χ3v) is 13.5. The molecule has 15 heteroatoms. The lowest BCUT2D eigenvalue weighted by atomic mass is 9.92. The highest BCUT2D eigenvalue weighted by molar-refractivity contribution is 6.05. The number of alkyl carbamates (subject to hydrolysis) is 1. The zero-order chi connectivity index (χ0) is 43.3. The molecule has 6 aromatic rings. The van der Waals surface area contributed by atoms with Crippen molar-refractivity contribution in [3.05, 3.63) is 89.8 Å². The summed E-state index contributed by atoms with van der Waals surface area (Å²) < 4.78 is 8.88. The van der Waals surface area contributed by atoms with Gasteiger partial charge in [0.2, 0.25) is 5.91 Å². The normalized spacial score (nSPS) is 20.8. The van der Waals surface area contributed by atoms with Gasteiger partial charge in [-0.25, -0.2) is 14.8 Å². The number of methoxy groups -OCH3 is 1. The van der Waals surface area contributed by atoms with Gasteiger partial charge in [-0.1, -0.05) is 56.3 Å². The van der Waals surface area contributed by atoms with Gasteiger partial charge in [-0.2, -0.15) is 9.55 Å². The molecule has 15 nitrogen and oxygen atoms in total. The van der Waals surface area contributed by atoms with Crippen molar-refractivity contribution in [2.24, 2.45) is 11.8 Å². The Morgan fingerprint density at radius 1 is 0.855 bits per heavy atom. The van der Waals surface area contributed by atoms with Crippen molar-refractivity contribution < 1.29 is 33.7 Å². The number of fused-ring (bicyclic) bond motifs is 4. The van der Waals surface area contributed by atoms with Gasteiger partial charge < -0.3 is 40.0 Å². The number of H-pyrrole nitrogens is 2. The third-order valence-electron chi connectivity index (χ3n) is 13.5. The molecule has 3 amide bonds. The molecule has 3 saturated heterocycles. The minimum Gasteiger partial charge on any atom is -0.601 e. The molecule has 324 valence electrons. The Labute approximate surface area is 359 Å². The first-order valence-electron chi connectivity index (χ1n) is 21.8. The van der Waals surface area contributed by atoms with E-state index in [0.717, 1.165) is 73.6 Å². The largest absolute Gasteiger partial charge is 0.601 e. The molecule has 3 aliphatic rings. The van der Waals surface area contributed by atoms with Gasteiger partial charge in [0.25, 0.3) is 0 Å².